The predicted molar refractivity (Wildman–Crippen MR) is 85.2 cm³/mol. The van der Waals surface area contributed by atoms with Crippen molar-refractivity contribution in [3.8, 4) is 5.75 Å². The summed E-state index contributed by atoms with van der Waals surface area (Å²) in [6.45, 7) is 2.64. The molecular weight excluding hydrogens is 332 g/mol. The van der Waals surface area contributed by atoms with Crippen LogP contribution >= 0.6 is 15.9 Å². The van der Waals surface area contributed by atoms with Gasteiger partial charge in [-0.1, -0.05) is 28.1 Å². The molecule has 21 heavy (non-hydrogen) atoms. The van der Waals surface area contributed by atoms with Gasteiger partial charge in [0.2, 0.25) is 5.91 Å². The van der Waals surface area contributed by atoms with E-state index in [2.05, 4.69) is 39.2 Å². The predicted octanol–water partition coefficient (Wildman–Crippen LogP) is 2.76. The quantitative estimate of drug-likeness (QED) is 0.873. The highest BCUT2D eigenvalue weighted by Crippen LogP contribution is 2.19. The first-order valence-electron chi connectivity index (χ1n) is 6.70. The number of amides is 1. The van der Waals surface area contributed by atoms with Crippen LogP contribution in [0.1, 0.15) is 16.7 Å². The third-order valence-electron chi connectivity index (χ3n) is 3.24. The Bertz CT molecular complexity index is 644. The third kappa shape index (κ3) is 4.56. The number of hydrogen-bond acceptors (Lipinski definition) is 3. The van der Waals surface area contributed by atoms with Gasteiger partial charge in [0.1, 0.15) is 5.75 Å². The molecule has 0 bridgehead atoms. The number of aromatic nitrogens is 1. The first-order valence-corrected chi connectivity index (χ1v) is 7.49. The summed E-state index contributed by atoms with van der Waals surface area (Å²) in [5, 5.41) is 12.2. The zero-order chi connectivity index (χ0) is 15.2. The molecule has 0 atom stereocenters. The summed E-state index contributed by atoms with van der Waals surface area (Å²) < 4.78 is 1.08. The van der Waals surface area contributed by atoms with Crippen molar-refractivity contribution >= 4 is 21.8 Å². The Labute approximate surface area is 132 Å². The van der Waals surface area contributed by atoms with Crippen LogP contribution in [-0.2, 0) is 17.6 Å². The summed E-state index contributed by atoms with van der Waals surface area (Å²) in [6, 6.07) is 7.61. The topological polar surface area (TPSA) is 62.2 Å². The molecule has 110 valence electrons. The largest absolute Gasteiger partial charge is 0.506 e. The van der Waals surface area contributed by atoms with E-state index in [9.17, 15) is 9.90 Å². The number of carbonyl (C=O) groups is 1. The molecule has 0 saturated carbocycles. The lowest BCUT2D eigenvalue weighted by atomic mass is 10.1. The highest BCUT2D eigenvalue weighted by Gasteiger charge is 2.06. The number of nitrogens with zero attached hydrogens (tertiary/aromatic N) is 1. The monoisotopic (exact) mass is 348 g/mol. The molecule has 4 nitrogen and oxygen atoms in total. The first kappa shape index (κ1) is 15.5. The van der Waals surface area contributed by atoms with E-state index in [-0.39, 0.29) is 18.1 Å². The maximum absolute atomic E-state index is 11.8. The lowest BCUT2D eigenvalue weighted by Gasteiger charge is -2.09. The fourth-order valence-corrected chi connectivity index (χ4v) is 2.49. The fourth-order valence-electron chi connectivity index (χ4n) is 2.08. The highest BCUT2D eigenvalue weighted by molar-refractivity contribution is 9.10. The summed E-state index contributed by atoms with van der Waals surface area (Å²) in [5.41, 5.74) is 3.11. The Morgan fingerprint density at radius 1 is 1.38 bits per heavy atom. The molecule has 0 unspecified atom stereocenters. The molecular formula is C16H17BrN2O2. The lowest BCUT2D eigenvalue weighted by Crippen LogP contribution is -2.27. The molecule has 2 rings (SSSR count). The van der Waals surface area contributed by atoms with Crippen molar-refractivity contribution in [2.24, 2.45) is 0 Å². The van der Waals surface area contributed by atoms with Gasteiger partial charge in [-0.05, 0) is 42.2 Å². The maximum atomic E-state index is 11.8. The van der Waals surface area contributed by atoms with Gasteiger partial charge in [-0.3, -0.25) is 9.78 Å². The second-order valence-electron chi connectivity index (χ2n) is 4.85. The number of hydrogen-bond donors (Lipinski definition) is 2. The first-order chi connectivity index (χ1) is 10.1. The van der Waals surface area contributed by atoms with Gasteiger partial charge >= 0.3 is 0 Å². The third-order valence-corrected chi connectivity index (χ3v) is 4.10. The minimum Gasteiger partial charge on any atom is -0.506 e. The number of pyridine rings is 1. The number of carbonyl (C=O) groups excluding carboxylic acids is 1. The highest BCUT2D eigenvalue weighted by atomic mass is 79.9. The molecule has 0 aliphatic rings. The van der Waals surface area contributed by atoms with Crippen LogP contribution in [0.3, 0.4) is 0 Å². The van der Waals surface area contributed by atoms with E-state index in [1.807, 2.05) is 12.1 Å². The number of aromatic hydroxyl groups is 1. The molecule has 0 saturated heterocycles. The van der Waals surface area contributed by atoms with Gasteiger partial charge in [0.25, 0.3) is 0 Å². The zero-order valence-electron chi connectivity index (χ0n) is 11.8. The average molecular weight is 349 g/mol. The van der Waals surface area contributed by atoms with Gasteiger partial charge in [0, 0.05) is 17.2 Å². The van der Waals surface area contributed by atoms with Crippen LogP contribution in [0.25, 0.3) is 0 Å². The van der Waals surface area contributed by atoms with Crippen molar-refractivity contribution in [1.82, 2.24) is 10.3 Å². The standard InChI is InChI=1S/C16H17BrN2O2/c1-11-13(3-2-4-15(11)17)5-6-19-16(21)8-12-7-14(20)10-18-9-12/h2-4,7,9-10,20H,5-6,8H2,1H3,(H,19,21). The van der Waals surface area contributed by atoms with Crippen LogP contribution in [-0.4, -0.2) is 22.5 Å². The molecule has 0 spiro atoms. The van der Waals surface area contributed by atoms with Crippen molar-refractivity contribution in [2.45, 2.75) is 19.8 Å². The number of benzene rings is 1. The summed E-state index contributed by atoms with van der Waals surface area (Å²) in [7, 11) is 0. The molecule has 1 aromatic carbocycles. The lowest BCUT2D eigenvalue weighted by molar-refractivity contribution is -0.120. The molecule has 2 N–H and O–H groups in total. The molecule has 1 heterocycles. The number of rotatable bonds is 5. The normalized spacial score (nSPS) is 10.4. The van der Waals surface area contributed by atoms with Crippen LogP contribution in [0.5, 0.6) is 5.75 Å². The molecule has 5 heteroatoms. The van der Waals surface area contributed by atoms with Crippen LogP contribution < -0.4 is 5.32 Å². The fraction of sp³-hybridized carbons (Fsp3) is 0.250. The van der Waals surface area contributed by atoms with E-state index in [1.165, 1.54) is 17.3 Å². The number of nitrogens with one attached hydrogen (secondary N) is 1. The molecule has 0 aliphatic carbocycles. The van der Waals surface area contributed by atoms with Gasteiger partial charge in [0.15, 0.2) is 0 Å². The van der Waals surface area contributed by atoms with Gasteiger partial charge in [0.05, 0.1) is 12.6 Å². The van der Waals surface area contributed by atoms with E-state index in [1.54, 1.807) is 12.3 Å². The van der Waals surface area contributed by atoms with Crippen molar-refractivity contribution in [2.75, 3.05) is 6.54 Å². The van der Waals surface area contributed by atoms with E-state index >= 15 is 0 Å². The molecule has 1 aromatic heterocycles. The van der Waals surface area contributed by atoms with Crippen molar-refractivity contribution < 1.29 is 9.90 Å². The Kier molecular flexibility index (Phi) is 5.33. The molecule has 0 aliphatic heterocycles. The second kappa shape index (κ2) is 7.22. The van der Waals surface area contributed by atoms with Gasteiger partial charge < -0.3 is 10.4 Å². The molecule has 0 radical (unpaired) electrons. The minimum atomic E-state index is -0.0740. The Hall–Kier alpha value is -1.88. The van der Waals surface area contributed by atoms with Crippen LogP contribution in [0.15, 0.2) is 41.1 Å². The van der Waals surface area contributed by atoms with Crippen molar-refractivity contribution in [1.29, 1.82) is 0 Å². The van der Waals surface area contributed by atoms with E-state index < -0.39 is 0 Å². The Morgan fingerprint density at radius 2 is 2.19 bits per heavy atom. The minimum absolute atomic E-state index is 0.0740. The Morgan fingerprint density at radius 3 is 2.95 bits per heavy atom. The van der Waals surface area contributed by atoms with Crippen molar-refractivity contribution in [3.05, 3.63) is 57.8 Å². The SMILES string of the molecule is Cc1c(Br)cccc1CCNC(=O)Cc1cncc(O)c1. The van der Waals surface area contributed by atoms with Gasteiger partial charge in [-0.2, -0.15) is 0 Å². The van der Waals surface area contributed by atoms with Crippen molar-refractivity contribution in [3.63, 3.8) is 0 Å². The molecule has 2 aromatic rings. The summed E-state index contributed by atoms with van der Waals surface area (Å²) in [6.07, 6.45) is 3.93. The van der Waals surface area contributed by atoms with Crippen LogP contribution in [0.2, 0.25) is 0 Å². The van der Waals surface area contributed by atoms with Crippen LogP contribution in [0.4, 0.5) is 0 Å². The average Bonchev–Trinajstić information content (AvgIpc) is 2.43. The van der Waals surface area contributed by atoms with E-state index in [0.29, 0.717) is 12.1 Å². The maximum Gasteiger partial charge on any atom is 0.224 e. The summed E-state index contributed by atoms with van der Waals surface area (Å²) in [4.78, 5) is 15.7. The van der Waals surface area contributed by atoms with E-state index in [4.69, 9.17) is 0 Å². The van der Waals surface area contributed by atoms with Gasteiger partial charge in [-0.25, -0.2) is 0 Å². The zero-order valence-corrected chi connectivity index (χ0v) is 13.4. The van der Waals surface area contributed by atoms with Gasteiger partial charge in [-0.15, -0.1) is 0 Å². The second-order valence-corrected chi connectivity index (χ2v) is 5.71. The van der Waals surface area contributed by atoms with E-state index in [0.717, 1.165) is 10.9 Å². The van der Waals surface area contributed by atoms with Crippen LogP contribution in [0, 0.1) is 6.92 Å². The molecule has 1 amide bonds. The Balaban J connectivity index is 1.83. The number of halogens is 1. The smallest absolute Gasteiger partial charge is 0.224 e. The summed E-state index contributed by atoms with van der Waals surface area (Å²) >= 11 is 3.50. The molecule has 0 fully saturated rings. The summed E-state index contributed by atoms with van der Waals surface area (Å²) in [5.74, 6) is 0.000102.